The van der Waals surface area contributed by atoms with Gasteiger partial charge in [-0.05, 0) is 32.4 Å². The minimum absolute atomic E-state index is 0.0115. The number of methoxy groups -OCH3 is 1. The minimum atomic E-state index is -0.680. The molecule has 0 aliphatic carbocycles. The zero-order valence-electron chi connectivity index (χ0n) is 15.7. The summed E-state index contributed by atoms with van der Waals surface area (Å²) in [6.45, 7) is 4.90. The van der Waals surface area contributed by atoms with Crippen LogP contribution in [0.2, 0.25) is 0 Å². The third-order valence-corrected chi connectivity index (χ3v) is 3.29. The van der Waals surface area contributed by atoms with Crippen molar-refractivity contribution in [1.29, 1.82) is 0 Å². The number of ketones is 1. The maximum absolute atomic E-state index is 12.0. The predicted octanol–water partition coefficient (Wildman–Crippen LogP) is 2.61. The molecule has 0 bridgehead atoms. The molecule has 0 unspecified atom stereocenters. The van der Waals surface area contributed by atoms with Gasteiger partial charge in [-0.15, -0.1) is 0 Å². The number of aryl methyl sites for hydroxylation is 1. The van der Waals surface area contributed by atoms with Crippen molar-refractivity contribution in [3.05, 3.63) is 29.3 Å². The molecule has 0 radical (unpaired) electrons. The van der Waals surface area contributed by atoms with Crippen LogP contribution >= 0.6 is 0 Å². The minimum Gasteiger partial charge on any atom is -0.451 e. The molecule has 0 spiro atoms. The molecule has 0 aliphatic heterocycles. The summed E-state index contributed by atoms with van der Waals surface area (Å²) in [4.78, 5) is 38.7. The molecule has 0 saturated heterocycles. The fraction of sp³-hybridized carbons (Fsp3) is 0.412. The largest absolute Gasteiger partial charge is 0.451 e. The average Bonchev–Trinajstić information content (AvgIpc) is 2.63. The summed E-state index contributed by atoms with van der Waals surface area (Å²) in [7, 11) is 3.95. The predicted molar refractivity (Wildman–Crippen MR) is 96.1 cm³/mol. The summed E-state index contributed by atoms with van der Waals surface area (Å²) in [6.07, 6.45) is -0.680. The second kappa shape index (κ2) is 10.1. The van der Waals surface area contributed by atoms with Gasteiger partial charge in [0.15, 0.2) is 0 Å². The molecule has 0 aliphatic rings. The highest BCUT2D eigenvalue weighted by Crippen LogP contribution is 2.24. The molecule has 1 rings (SSSR count). The van der Waals surface area contributed by atoms with E-state index in [4.69, 9.17) is 14.4 Å². The van der Waals surface area contributed by atoms with E-state index in [2.05, 4.69) is 15.1 Å². The van der Waals surface area contributed by atoms with Crippen LogP contribution in [0.5, 0.6) is 0 Å². The Kier molecular flexibility index (Phi) is 8.23. The summed E-state index contributed by atoms with van der Waals surface area (Å²) in [5.41, 5.74) is 2.26. The summed E-state index contributed by atoms with van der Waals surface area (Å²) in [6, 6.07) is 5.37. The fourth-order valence-electron chi connectivity index (χ4n) is 2.02. The van der Waals surface area contributed by atoms with Gasteiger partial charge in [0.2, 0.25) is 5.78 Å². The number of hydrogen-bond donors (Lipinski definition) is 0. The van der Waals surface area contributed by atoms with Gasteiger partial charge in [-0.1, -0.05) is 22.4 Å². The Bertz CT molecular complexity index is 714. The lowest BCUT2D eigenvalue weighted by Crippen LogP contribution is -2.30. The normalized spacial score (nSPS) is 11.8. The number of carbonyl (C=O) groups is 2. The Morgan fingerprint density at radius 1 is 1.08 bits per heavy atom. The third kappa shape index (κ3) is 5.55. The van der Waals surface area contributed by atoms with Crippen molar-refractivity contribution in [2.75, 3.05) is 26.4 Å². The number of anilines is 1. The van der Waals surface area contributed by atoms with Crippen molar-refractivity contribution in [3.63, 3.8) is 0 Å². The maximum Gasteiger partial charge on any atom is 0.438 e. The number of benzene rings is 1. The molecule has 26 heavy (non-hydrogen) atoms. The number of Topliss-reactive ketones (excluding diaryl/α,β-unsaturated/α-hetero) is 1. The van der Waals surface area contributed by atoms with Crippen molar-refractivity contribution in [1.82, 2.24) is 0 Å². The van der Waals surface area contributed by atoms with Crippen LogP contribution in [0.4, 0.5) is 10.5 Å². The molecule has 0 atom stereocenters. The van der Waals surface area contributed by atoms with Gasteiger partial charge >= 0.3 is 6.09 Å². The van der Waals surface area contributed by atoms with Gasteiger partial charge in [0.05, 0.1) is 19.9 Å². The van der Waals surface area contributed by atoms with E-state index in [0.717, 1.165) is 10.6 Å². The first-order chi connectivity index (χ1) is 12.3. The number of amides is 1. The first kappa shape index (κ1) is 21.1. The average molecular weight is 365 g/mol. The number of hydroxylamine groups is 1. The summed E-state index contributed by atoms with van der Waals surface area (Å²) < 4.78 is 4.70. The van der Waals surface area contributed by atoms with Gasteiger partial charge in [0.1, 0.15) is 25.1 Å². The zero-order valence-corrected chi connectivity index (χ0v) is 15.7. The highest BCUT2D eigenvalue weighted by Gasteiger charge is 2.20. The van der Waals surface area contributed by atoms with Gasteiger partial charge in [-0.2, -0.15) is 5.06 Å². The molecule has 1 aromatic rings. The number of nitrogens with zero attached hydrogens (tertiary/aromatic N) is 3. The summed E-state index contributed by atoms with van der Waals surface area (Å²) >= 11 is 0. The summed E-state index contributed by atoms with van der Waals surface area (Å²) in [5, 5.41) is 8.35. The molecule has 142 valence electrons. The number of rotatable bonds is 8. The SMILES string of the molecule is CO/N=C(/C)C(=O)/C(C)=N\OCc1ccc(C)cc1N(OC)C(=O)OC. The molecule has 0 N–H and O–H groups in total. The lowest BCUT2D eigenvalue weighted by Gasteiger charge is -2.21. The van der Waals surface area contributed by atoms with E-state index < -0.39 is 11.9 Å². The van der Waals surface area contributed by atoms with Crippen molar-refractivity contribution >= 4 is 29.0 Å². The standard InChI is InChI=1S/C17H23N3O6/c1-11-7-8-14(15(9-11)20(25-6)17(22)23-4)10-26-19-13(3)16(21)12(2)18-24-5/h7-9H,10H2,1-6H3/b18-12-,19-13-. The van der Waals surface area contributed by atoms with E-state index >= 15 is 0 Å². The van der Waals surface area contributed by atoms with Crippen LogP contribution in [-0.2, 0) is 30.7 Å². The van der Waals surface area contributed by atoms with Gasteiger partial charge in [-0.3, -0.25) is 9.63 Å². The number of ether oxygens (including phenoxy) is 1. The molecule has 1 aromatic carbocycles. The highest BCUT2D eigenvalue weighted by molar-refractivity contribution is 6.65. The van der Waals surface area contributed by atoms with Crippen LogP contribution in [0.1, 0.15) is 25.0 Å². The summed E-state index contributed by atoms with van der Waals surface area (Å²) in [5.74, 6) is -0.399. The van der Waals surface area contributed by atoms with Crippen LogP contribution in [0.25, 0.3) is 0 Å². The first-order valence-corrected chi connectivity index (χ1v) is 7.66. The smallest absolute Gasteiger partial charge is 0.438 e. The monoisotopic (exact) mass is 365 g/mol. The third-order valence-electron chi connectivity index (χ3n) is 3.29. The Balaban J connectivity index is 2.97. The quantitative estimate of drug-likeness (QED) is 0.519. The topological polar surface area (TPSA) is 99.0 Å². The number of hydrogen-bond acceptors (Lipinski definition) is 8. The van der Waals surface area contributed by atoms with E-state index in [9.17, 15) is 9.59 Å². The van der Waals surface area contributed by atoms with E-state index in [1.54, 1.807) is 12.1 Å². The fourth-order valence-corrected chi connectivity index (χ4v) is 2.02. The molecular formula is C17H23N3O6. The number of oxime groups is 2. The second-order valence-corrected chi connectivity index (χ2v) is 5.22. The van der Waals surface area contributed by atoms with Crippen LogP contribution < -0.4 is 5.06 Å². The molecule has 0 aromatic heterocycles. The Hall–Kier alpha value is -2.94. The van der Waals surface area contributed by atoms with Crippen molar-refractivity contribution in [3.8, 4) is 0 Å². The van der Waals surface area contributed by atoms with Crippen molar-refractivity contribution in [2.45, 2.75) is 27.4 Å². The van der Waals surface area contributed by atoms with Gasteiger partial charge in [-0.25, -0.2) is 4.79 Å². The van der Waals surface area contributed by atoms with Gasteiger partial charge < -0.3 is 14.4 Å². The Labute approximate surface area is 152 Å². The number of carbonyl (C=O) groups excluding carboxylic acids is 2. The van der Waals surface area contributed by atoms with Crippen LogP contribution in [0.15, 0.2) is 28.5 Å². The maximum atomic E-state index is 12.0. The van der Waals surface area contributed by atoms with E-state index in [1.165, 1.54) is 35.2 Å². The molecule has 0 heterocycles. The van der Waals surface area contributed by atoms with E-state index in [-0.39, 0.29) is 18.0 Å². The Morgan fingerprint density at radius 2 is 1.73 bits per heavy atom. The highest BCUT2D eigenvalue weighted by atomic mass is 16.7. The van der Waals surface area contributed by atoms with Crippen molar-refractivity contribution < 1.29 is 28.8 Å². The van der Waals surface area contributed by atoms with Crippen molar-refractivity contribution in [2.24, 2.45) is 10.3 Å². The first-order valence-electron chi connectivity index (χ1n) is 7.66. The molecular weight excluding hydrogens is 342 g/mol. The second-order valence-electron chi connectivity index (χ2n) is 5.22. The van der Waals surface area contributed by atoms with Crippen LogP contribution in [-0.4, -0.2) is 44.6 Å². The molecule has 9 heteroatoms. The Morgan fingerprint density at radius 3 is 2.31 bits per heavy atom. The van der Waals surface area contributed by atoms with E-state index in [1.807, 2.05) is 13.0 Å². The molecule has 0 saturated carbocycles. The van der Waals surface area contributed by atoms with Gasteiger partial charge in [0, 0.05) is 5.56 Å². The molecule has 0 fully saturated rings. The van der Waals surface area contributed by atoms with Gasteiger partial charge in [0.25, 0.3) is 0 Å². The molecule has 9 nitrogen and oxygen atoms in total. The zero-order chi connectivity index (χ0) is 19.7. The lowest BCUT2D eigenvalue weighted by atomic mass is 10.1. The molecule has 1 amide bonds. The van der Waals surface area contributed by atoms with Crippen LogP contribution in [0, 0.1) is 6.92 Å². The van der Waals surface area contributed by atoms with E-state index in [0.29, 0.717) is 11.3 Å². The lowest BCUT2D eigenvalue weighted by molar-refractivity contribution is -0.107. The van der Waals surface area contributed by atoms with Crippen LogP contribution in [0.3, 0.4) is 0 Å².